The molecule has 15 nitrogen and oxygen atoms in total. The van der Waals surface area contributed by atoms with Crippen LogP contribution in [0.1, 0.15) is 0 Å². The Balaban J connectivity index is -0.0000000351. The van der Waals surface area contributed by atoms with Crippen molar-refractivity contribution < 1.29 is 97.0 Å². The van der Waals surface area contributed by atoms with Crippen molar-refractivity contribution in [3.05, 3.63) is 0 Å². The van der Waals surface area contributed by atoms with Crippen LogP contribution in [-0.2, 0) is 20.0 Å². The molecule has 0 unspecified atom stereocenters. The molecular weight excluding hydrogens is 340 g/mol. The fourth-order valence-corrected chi connectivity index (χ4v) is 0. The molecule has 0 rings (SSSR count). The first-order chi connectivity index (χ1) is 8.11. The number of carboxylic acids is 2. The standard InChI is InChI=1S/C2H2O4.CH2O3.BH3O3.H3N.Na.H2O4S/c3-1(4)2(5)6;2*2-1(3)4;;;1-5(2,3)4/h(H,3,4)(H,5,6);(H2,2,3,4);2-4H;1H3;;(H2,1,2,3,4)/q;;;;+1;/p-1. The number of carbonyl (C=O) groups is 3. The molecule has 0 saturated carbocycles. The van der Waals surface area contributed by atoms with Crippen molar-refractivity contribution in [3.63, 3.8) is 0 Å². The molecule has 0 aliphatic heterocycles. The Bertz CT molecular complexity index is 340. The van der Waals surface area contributed by atoms with Crippen LogP contribution in [0, 0.1) is 0 Å². The molecule has 0 spiro atoms. The summed E-state index contributed by atoms with van der Waals surface area (Å²) in [6.45, 7) is 0. The zero-order valence-corrected chi connectivity index (χ0v) is 13.0. The summed E-state index contributed by atoms with van der Waals surface area (Å²) in [4.78, 5) is 26.8. The van der Waals surface area contributed by atoms with E-state index < -0.39 is 35.8 Å². The minimum Gasteiger partial charge on any atom is -0.726 e. The summed E-state index contributed by atoms with van der Waals surface area (Å²) >= 11 is 0. The Morgan fingerprint density at radius 1 is 0.857 bits per heavy atom. The van der Waals surface area contributed by atoms with Gasteiger partial charge in [0.05, 0.1) is 0 Å². The molecule has 122 valence electrons. The first kappa shape index (κ1) is 36.8. The predicted octanol–water partition coefficient (Wildman–Crippen LogP) is -6.50. The van der Waals surface area contributed by atoms with E-state index >= 15 is 0 Å². The normalized spacial score (nSPS) is 7.29. The van der Waals surface area contributed by atoms with Gasteiger partial charge in [-0.25, -0.2) is 22.8 Å². The van der Waals surface area contributed by atoms with E-state index in [-0.39, 0.29) is 35.7 Å². The maximum Gasteiger partial charge on any atom is 1.00 e. The summed E-state index contributed by atoms with van der Waals surface area (Å²) < 4.78 is 32.8. The quantitative estimate of drug-likeness (QED) is 0.0847. The number of aliphatic carboxylic acids is 2. The minimum absolute atomic E-state index is 0. The number of hydrogen-bond donors (Lipinski definition) is 9. The van der Waals surface area contributed by atoms with E-state index in [4.69, 9.17) is 67.4 Å². The van der Waals surface area contributed by atoms with Crippen LogP contribution in [-0.4, -0.2) is 78.4 Å². The molecular formula is C3H11BNNaO14S. The van der Waals surface area contributed by atoms with Gasteiger partial charge in [-0.3, -0.25) is 4.55 Å². The van der Waals surface area contributed by atoms with Gasteiger partial charge in [0.15, 0.2) is 0 Å². The number of rotatable bonds is 0. The second-order valence-corrected chi connectivity index (χ2v) is 2.52. The molecule has 0 aromatic heterocycles. The first-order valence-electron chi connectivity index (χ1n) is 3.21. The zero-order chi connectivity index (χ0) is 16.8. The summed E-state index contributed by atoms with van der Waals surface area (Å²) in [5, 5.41) is 50.2. The van der Waals surface area contributed by atoms with Crippen LogP contribution in [0.5, 0.6) is 0 Å². The number of hydrogen-bond acceptors (Lipinski definition) is 10. The van der Waals surface area contributed by atoms with Crippen molar-refractivity contribution in [1.82, 2.24) is 6.15 Å². The maximum absolute atomic E-state index is 9.10. The van der Waals surface area contributed by atoms with Crippen molar-refractivity contribution in [3.8, 4) is 0 Å². The maximum atomic E-state index is 9.10. The Labute approximate surface area is 139 Å². The molecule has 0 radical (unpaired) electrons. The molecule has 11 N–H and O–H groups in total. The Hall–Kier alpha value is -1.02. The van der Waals surface area contributed by atoms with Crippen LogP contribution < -0.4 is 35.7 Å². The van der Waals surface area contributed by atoms with E-state index in [0.717, 1.165) is 0 Å². The van der Waals surface area contributed by atoms with Gasteiger partial charge in [-0.15, -0.1) is 0 Å². The fraction of sp³-hybridized carbons (Fsp3) is 0. The molecule has 0 aromatic carbocycles. The van der Waals surface area contributed by atoms with Crippen LogP contribution in [0.15, 0.2) is 0 Å². The molecule has 0 aliphatic rings. The van der Waals surface area contributed by atoms with E-state index in [2.05, 4.69) is 0 Å². The summed E-state index contributed by atoms with van der Waals surface area (Å²) in [6, 6.07) is 0. The third-order valence-corrected chi connectivity index (χ3v) is 0.183. The largest absolute Gasteiger partial charge is 1.00 e. The van der Waals surface area contributed by atoms with E-state index in [1.165, 1.54) is 0 Å². The van der Waals surface area contributed by atoms with Gasteiger partial charge in [-0.2, -0.15) is 0 Å². The van der Waals surface area contributed by atoms with Gasteiger partial charge in [0.1, 0.15) is 0 Å². The molecule has 21 heavy (non-hydrogen) atoms. The van der Waals surface area contributed by atoms with Gasteiger partial charge in [-0.1, -0.05) is 0 Å². The van der Waals surface area contributed by atoms with Crippen molar-refractivity contribution in [2.24, 2.45) is 0 Å². The number of carboxylic acid groups (broad SMARTS) is 4. The zero-order valence-electron chi connectivity index (χ0n) is 10.2. The third kappa shape index (κ3) is 615. The SMILES string of the molecule is N.O=C(O)C(=O)O.O=C(O)O.O=S(=O)([O-])O.OB(O)O.[Na+]. The van der Waals surface area contributed by atoms with Crippen molar-refractivity contribution >= 4 is 35.8 Å². The summed E-state index contributed by atoms with van der Waals surface area (Å²) in [7, 11) is -7.08. The Morgan fingerprint density at radius 2 is 0.905 bits per heavy atom. The van der Waals surface area contributed by atoms with Gasteiger partial charge in [0, 0.05) is 0 Å². The molecule has 0 fully saturated rings. The van der Waals surface area contributed by atoms with E-state index in [1.54, 1.807) is 0 Å². The Kier molecular flexibility index (Phi) is 37.3. The average Bonchev–Trinajstić information content (AvgIpc) is 1.96. The van der Waals surface area contributed by atoms with Gasteiger partial charge in [0.25, 0.3) is 0 Å². The topological polar surface area (TPSA) is 305 Å². The second kappa shape index (κ2) is 21.3. The van der Waals surface area contributed by atoms with Crippen molar-refractivity contribution in [2.75, 3.05) is 0 Å². The molecule has 0 bridgehead atoms. The van der Waals surface area contributed by atoms with Crippen LogP contribution in [0.2, 0.25) is 0 Å². The molecule has 0 aliphatic carbocycles. The minimum atomic E-state index is -4.92. The average molecular weight is 351 g/mol. The molecule has 0 saturated heterocycles. The van der Waals surface area contributed by atoms with Crippen LogP contribution >= 0.6 is 0 Å². The summed E-state index contributed by atoms with van der Waals surface area (Å²) in [5.74, 6) is -3.65. The van der Waals surface area contributed by atoms with Gasteiger partial charge < -0.3 is 46.2 Å². The summed E-state index contributed by atoms with van der Waals surface area (Å²) in [6.07, 6.45) is -1.83. The molecule has 18 heteroatoms. The van der Waals surface area contributed by atoms with Crippen molar-refractivity contribution in [1.29, 1.82) is 0 Å². The van der Waals surface area contributed by atoms with Crippen molar-refractivity contribution in [2.45, 2.75) is 0 Å². The van der Waals surface area contributed by atoms with E-state index in [1.807, 2.05) is 0 Å². The van der Waals surface area contributed by atoms with Crippen LogP contribution in [0.3, 0.4) is 0 Å². The van der Waals surface area contributed by atoms with Gasteiger partial charge in [-0.05, 0) is 0 Å². The second-order valence-electron chi connectivity index (χ2n) is 1.67. The van der Waals surface area contributed by atoms with Gasteiger partial charge >= 0.3 is 55.0 Å². The molecule has 0 atom stereocenters. The predicted molar refractivity (Wildman–Crippen MR) is 55.7 cm³/mol. The first-order valence-corrected chi connectivity index (χ1v) is 4.58. The van der Waals surface area contributed by atoms with E-state index in [9.17, 15) is 0 Å². The molecule has 0 heterocycles. The fourth-order valence-electron chi connectivity index (χ4n) is 0. The third-order valence-electron chi connectivity index (χ3n) is 0.183. The summed E-state index contributed by atoms with van der Waals surface area (Å²) in [5.41, 5.74) is 0. The van der Waals surface area contributed by atoms with Crippen LogP contribution in [0.25, 0.3) is 0 Å². The molecule has 0 amide bonds. The smallest absolute Gasteiger partial charge is 0.726 e. The molecule has 0 aromatic rings. The van der Waals surface area contributed by atoms with E-state index in [0.29, 0.717) is 0 Å². The Morgan fingerprint density at radius 3 is 0.905 bits per heavy atom. The van der Waals surface area contributed by atoms with Crippen LogP contribution in [0.4, 0.5) is 4.79 Å². The van der Waals surface area contributed by atoms with Gasteiger partial charge in [0.2, 0.25) is 10.4 Å². The monoisotopic (exact) mass is 351 g/mol.